The molecule has 0 fully saturated rings. The highest BCUT2D eigenvalue weighted by molar-refractivity contribution is 6.02. The molecular weight excluding hydrogens is 811 g/mol. The SMILES string of the molecule is c1ccc(-c2ccc(N(c3ccc4c(c3)-c3ccccc3Oc3ccccc3-4)c3ccc4c(c3)-c3ccccc3-c3ccccc3C43c4ccccc4-c4cc5ccccc5cc43)cc2)cc1. The summed E-state index contributed by atoms with van der Waals surface area (Å²) in [6, 6.07) is 91.7. The summed E-state index contributed by atoms with van der Waals surface area (Å²) in [7, 11) is 0. The van der Waals surface area contributed by atoms with Gasteiger partial charge in [-0.1, -0.05) is 188 Å². The third kappa shape index (κ3) is 5.57. The van der Waals surface area contributed by atoms with Gasteiger partial charge in [-0.05, 0) is 149 Å². The first-order valence-electron chi connectivity index (χ1n) is 23.2. The highest BCUT2D eigenvalue weighted by atomic mass is 16.5. The molecule has 0 amide bonds. The van der Waals surface area contributed by atoms with Gasteiger partial charge in [0.25, 0.3) is 0 Å². The molecule has 0 saturated heterocycles. The van der Waals surface area contributed by atoms with E-state index in [0.717, 1.165) is 50.8 Å². The Morgan fingerprint density at radius 2 is 0.687 bits per heavy atom. The van der Waals surface area contributed by atoms with Crippen molar-refractivity contribution in [3.63, 3.8) is 0 Å². The molecule has 0 aromatic heterocycles. The Bertz CT molecular complexity index is 3790. The number of rotatable bonds is 4. The lowest BCUT2D eigenvalue weighted by Gasteiger charge is -2.36. The fraction of sp³-hybridized carbons (Fsp3) is 0.0154. The van der Waals surface area contributed by atoms with E-state index in [1.54, 1.807) is 0 Å². The van der Waals surface area contributed by atoms with E-state index in [1.165, 1.54) is 77.5 Å². The molecule has 0 N–H and O–H groups in total. The Balaban J connectivity index is 1.05. The lowest BCUT2D eigenvalue weighted by molar-refractivity contribution is 0.488. The Labute approximate surface area is 390 Å². The Morgan fingerprint density at radius 1 is 0.254 bits per heavy atom. The predicted molar refractivity (Wildman–Crippen MR) is 277 cm³/mol. The van der Waals surface area contributed by atoms with E-state index in [1.807, 2.05) is 6.07 Å². The molecule has 11 aromatic rings. The second-order valence-corrected chi connectivity index (χ2v) is 17.9. The molecule has 11 aromatic carbocycles. The van der Waals surface area contributed by atoms with Crippen LogP contribution in [0.1, 0.15) is 22.3 Å². The summed E-state index contributed by atoms with van der Waals surface area (Å²) < 4.78 is 6.65. The molecule has 67 heavy (non-hydrogen) atoms. The monoisotopic (exact) mass is 851 g/mol. The van der Waals surface area contributed by atoms with Crippen molar-refractivity contribution in [2.24, 2.45) is 0 Å². The van der Waals surface area contributed by atoms with Gasteiger partial charge in [-0.25, -0.2) is 0 Å². The minimum absolute atomic E-state index is 0.594. The summed E-state index contributed by atoms with van der Waals surface area (Å²) in [4.78, 5) is 2.44. The highest BCUT2D eigenvalue weighted by Crippen LogP contribution is 2.62. The van der Waals surface area contributed by atoms with Gasteiger partial charge in [-0.15, -0.1) is 0 Å². The maximum atomic E-state index is 6.65. The second-order valence-electron chi connectivity index (χ2n) is 17.9. The van der Waals surface area contributed by atoms with Gasteiger partial charge in [-0.3, -0.25) is 0 Å². The van der Waals surface area contributed by atoms with Gasteiger partial charge in [-0.2, -0.15) is 0 Å². The summed E-state index contributed by atoms with van der Waals surface area (Å²) >= 11 is 0. The minimum Gasteiger partial charge on any atom is -0.456 e. The molecule has 0 saturated carbocycles. The molecule has 0 radical (unpaired) electrons. The molecule has 1 aliphatic heterocycles. The van der Waals surface area contributed by atoms with Crippen LogP contribution in [-0.2, 0) is 5.41 Å². The molecule has 0 bridgehead atoms. The first-order chi connectivity index (χ1) is 33.2. The van der Waals surface area contributed by atoms with E-state index in [9.17, 15) is 0 Å². The Hall–Kier alpha value is -8.72. The molecule has 1 heterocycles. The second kappa shape index (κ2) is 14.7. The van der Waals surface area contributed by atoms with Gasteiger partial charge in [0.05, 0.1) is 5.41 Å². The third-order valence-electron chi connectivity index (χ3n) is 14.5. The largest absolute Gasteiger partial charge is 0.456 e. The molecule has 2 nitrogen and oxygen atoms in total. The molecule has 1 atom stereocenters. The zero-order chi connectivity index (χ0) is 44.1. The van der Waals surface area contributed by atoms with E-state index in [2.05, 4.69) is 248 Å². The van der Waals surface area contributed by atoms with Crippen LogP contribution in [0.15, 0.2) is 249 Å². The molecule has 1 spiro atoms. The number of hydrogen-bond donors (Lipinski definition) is 0. The number of para-hydroxylation sites is 2. The normalized spacial score (nSPS) is 14.4. The standard InChI is InChI=1S/C65H41NO/c1-2-16-42(17-3-1)43-30-32-46(33-31-43)66(47-34-36-51-54-24-10-14-28-63(54)67-64-29-15-11-25-55(64)56(51)40-47)48-35-37-61-58(41-48)50-21-7-6-20-49(50)52-22-8-12-26-59(52)65(61)60-27-13-9-23-53(60)57-38-44-18-4-5-19-45(44)39-62(57)65/h1-41H. The number of ether oxygens (including phenoxy) is 1. The summed E-state index contributed by atoms with van der Waals surface area (Å²) in [6.07, 6.45) is 0. The van der Waals surface area contributed by atoms with Crippen molar-refractivity contribution < 1.29 is 4.74 Å². The maximum absolute atomic E-state index is 6.65. The van der Waals surface area contributed by atoms with Crippen LogP contribution in [0, 0.1) is 0 Å². The van der Waals surface area contributed by atoms with Gasteiger partial charge in [0, 0.05) is 28.2 Å². The number of benzene rings is 11. The number of anilines is 3. The van der Waals surface area contributed by atoms with Crippen molar-refractivity contribution in [3.8, 4) is 78.3 Å². The Kier molecular flexibility index (Phi) is 8.23. The number of nitrogens with zero attached hydrogens (tertiary/aromatic N) is 1. The average molecular weight is 852 g/mol. The van der Waals surface area contributed by atoms with Crippen LogP contribution in [0.2, 0.25) is 0 Å². The van der Waals surface area contributed by atoms with Crippen LogP contribution < -0.4 is 9.64 Å². The lowest BCUT2D eigenvalue weighted by Crippen LogP contribution is -2.29. The molecular formula is C65H41NO. The fourth-order valence-corrected chi connectivity index (χ4v) is 11.6. The molecule has 2 heteroatoms. The highest BCUT2D eigenvalue weighted by Gasteiger charge is 2.50. The molecule has 1 unspecified atom stereocenters. The average Bonchev–Trinajstić information content (AvgIpc) is 3.52. The maximum Gasteiger partial charge on any atom is 0.135 e. The first-order valence-corrected chi connectivity index (χ1v) is 23.2. The zero-order valence-electron chi connectivity index (χ0n) is 36.5. The topological polar surface area (TPSA) is 12.5 Å². The summed E-state index contributed by atoms with van der Waals surface area (Å²) in [5.41, 5.74) is 22.1. The smallest absolute Gasteiger partial charge is 0.135 e. The van der Waals surface area contributed by atoms with Gasteiger partial charge in [0.15, 0.2) is 0 Å². The van der Waals surface area contributed by atoms with Gasteiger partial charge >= 0.3 is 0 Å². The van der Waals surface area contributed by atoms with Crippen molar-refractivity contribution in [3.05, 3.63) is 271 Å². The third-order valence-corrected chi connectivity index (χ3v) is 14.5. The molecule has 3 aliphatic rings. The molecule has 14 rings (SSSR count). The van der Waals surface area contributed by atoms with Crippen molar-refractivity contribution in [1.82, 2.24) is 0 Å². The molecule has 2 aliphatic carbocycles. The van der Waals surface area contributed by atoms with E-state index in [0.29, 0.717) is 0 Å². The Morgan fingerprint density at radius 3 is 1.37 bits per heavy atom. The number of fused-ring (bicyclic) bond motifs is 18. The van der Waals surface area contributed by atoms with E-state index in [4.69, 9.17) is 4.74 Å². The van der Waals surface area contributed by atoms with Crippen LogP contribution in [0.4, 0.5) is 17.1 Å². The zero-order valence-corrected chi connectivity index (χ0v) is 36.5. The van der Waals surface area contributed by atoms with Gasteiger partial charge in [0.1, 0.15) is 11.5 Å². The molecule has 312 valence electrons. The van der Waals surface area contributed by atoms with E-state index >= 15 is 0 Å². The van der Waals surface area contributed by atoms with Gasteiger partial charge < -0.3 is 9.64 Å². The van der Waals surface area contributed by atoms with Gasteiger partial charge in [0.2, 0.25) is 0 Å². The van der Waals surface area contributed by atoms with Crippen molar-refractivity contribution in [2.75, 3.05) is 4.90 Å². The van der Waals surface area contributed by atoms with E-state index < -0.39 is 5.41 Å². The fourth-order valence-electron chi connectivity index (χ4n) is 11.6. The minimum atomic E-state index is -0.594. The van der Waals surface area contributed by atoms with Crippen molar-refractivity contribution >= 4 is 27.8 Å². The van der Waals surface area contributed by atoms with Crippen LogP contribution in [0.25, 0.3) is 77.5 Å². The van der Waals surface area contributed by atoms with Crippen LogP contribution >= 0.6 is 0 Å². The lowest BCUT2D eigenvalue weighted by atomic mass is 9.65. The number of hydrogen-bond acceptors (Lipinski definition) is 2. The predicted octanol–water partition coefficient (Wildman–Crippen LogP) is 17.4. The van der Waals surface area contributed by atoms with Crippen LogP contribution in [-0.4, -0.2) is 0 Å². The van der Waals surface area contributed by atoms with E-state index in [-0.39, 0.29) is 0 Å². The summed E-state index contributed by atoms with van der Waals surface area (Å²) in [6.45, 7) is 0. The summed E-state index contributed by atoms with van der Waals surface area (Å²) in [5, 5.41) is 2.50. The quantitative estimate of drug-likeness (QED) is 0.175. The van der Waals surface area contributed by atoms with Crippen molar-refractivity contribution in [1.29, 1.82) is 0 Å². The first kappa shape index (κ1) is 37.6. The van der Waals surface area contributed by atoms with Crippen LogP contribution in [0.5, 0.6) is 11.5 Å². The summed E-state index contributed by atoms with van der Waals surface area (Å²) in [5.74, 6) is 1.71. The van der Waals surface area contributed by atoms with Crippen LogP contribution in [0.3, 0.4) is 0 Å². The van der Waals surface area contributed by atoms with Crippen molar-refractivity contribution in [2.45, 2.75) is 5.41 Å².